The molecule has 0 fully saturated rings. The lowest BCUT2D eigenvalue weighted by molar-refractivity contribution is 0.145. The molecule has 0 aromatic carbocycles. The maximum atomic E-state index is 12.2. The van der Waals surface area contributed by atoms with Gasteiger partial charge in [0.15, 0.2) is 0 Å². The van der Waals surface area contributed by atoms with Crippen LogP contribution in [-0.4, -0.2) is 13.4 Å². The Hall–Kier alpha value is -0.350. The smallest absolute Gasteiger partial charge is 0.241 e. The van der Waals surface area contributed by atoms with E-state index in [9.17, 15) is 17.2 Å². The molecule has 2 N–H and O–H groups in total. The molecule has 1 heterocycles. The molecule has 0 saturated carbocycles. The van der Waals surface area contributed by atoms with Gasteiger partial charge >= 0.3 is 0 Å². The first-order chi connectivity index (χ1) is 6.30. The highest BCUT2D eigenvalue weighted by atomic mass is 127. The van der Waals surface area contributed by atoms with Gasteiger partial charge in [0.1, 0.15) is 9.39 Å². The number of pyridine rings is 1. The highest BCUT2D eigenvalue weighted by molar-refractivity contribution is 14.1. The Bertz CT molecular complexity index is 449. The summed E-state index contributed by atoms with van der Waals surface area (Å²) in [4.78, 5) is 3.11. The lowest BCUT2D eigenvalue weighted by Gasteiger charge is -2.03. The van der Waals surface area contributed by atoms with Crippen molar-refractivity contribution < 1.29 is 17.2 Å². The molecule has 0 spiro atoms. The quantitative estimate of drug-likeness (QED) is 0.654. The van der Waals surface area contributed by atoms with Crippen molar-refractivity contribution in [2.24, 2.45) is 5.14 Å². The van der Waals surface area contributed by atoms with Gasteiger partial charge in [-0.05, 0) is 34.7 Å². The monoisotopic (exact) mass is 334 g/mol. The number of rotatable bonds is 2. The molecule has 0 aliphatic rings. The van der Waals surface area contributed by atoms with Gasteiger partial charge in [-0.25, -0.2) is 27.3 Å². The Balaban J connectivity index is 3.35. The lowest BCUT2D eigenvalue weighted by Crippen LogP contribution is -2.13. The molecule has 1 aromatic heterocycles. The first-order valence-electron chi connectivity index (χ1n) is 3.29. The van der Waals surface area contributed by atoms with E-state index in [4.69, 9.17) is 5.14 Å². The van der Waals surface area contributed by atoms with Crippen LogP contribution in [0.15, 0.2) is 17.0 Å². The zero-order valence-electron chi connectivity index (χ0n) is 6.62. The lowest BCUT2D eigenvalue weighted by atomic mass is 10.4. The summed E-state index contributed by atoms with van der Waals surface area (Å²) in [6, 6.07) is 1.89. The normalized spacial score (nSPS) is 12.1. The molecule has 0 unspecified atom stereocenters. The van der Waals surface area contributed by atoms with Crippen molar-refractivity contribution in [3.63, 3.8) is 0 Å². The minimum Gasteiger partial charge on any atom is -0.241 e. The number of alkyl halides is 2. The Labute approximate surface area is 92.7 Å². The highest BCUT2D eigenvalue weighted by Crippen LogP contribution is 2.20. The minimum atomic E-state index is -3.96. The van der Waals surface area contributed by atoms with Gasteiger partial charge in [0.25, 0.3) is 6.43 Å². The van der Waals surface area contributed by atoms with E-state index in [1.165, 1.54) is 0 Å². The van der Waals surface area contributed by atoms with Gasteiger partial charge in [0, 0.05) is 0 Å². The Morgan fingerprint density at radius 1 is 1.43 bits per heavy atom. The molecule has 0 amide bonds. The van der Waals surface area contributed by atoms with Crippen LogP contribution in [0.2, 0.25) is 0 Å². The summed E-state index contributed by atoms with van der Waals surface area (Å²) in [7, 11) is -3.96. The molecular formula is C6H5F2IN2O2S. The Morgan fingerprint density at radius 2 is 2.00 bits per heavy atom. The molecule has 1 aromatic rings. The zero-order valence-corrected chi connectivity index (χ0v) is 9.59. The standard InChI is InChI=1S/C6H5F2IN2O2S/c7-6(8)4-1-3(14(10,12)13)2-5(9)11-4/h1-2,6H,(H2,10,12,13). The SMILES string of the molecule is NS(=O)(=O)c1cc(I)nc(C(F)F)c1. The van der Waals surface area contributed by atoms with Crippen molar-refractivity contribution in [1.29, 1.82) is 0 Å². The molecule has 0 atom stereocenters. The van der Waals surface area contributed by atoms with Crippen molar-refractivity contribution in [1.82, 2.24) is 4.98 Å². The summed E-state index contributed by atoms with van der Waals surface area (Å²) in [5, 5.41) is 4.79. The molecule has 0 saturated heterocycles. The van der Waals surface area contributed by atoms with Crippen molar-refractivity contribution in [3.05, 3.63) is 21.5 Å². The molecular weight excluding hydrogens is 329 g/mol. The fraction of sp³-hybridized carbons (Fsp3) is 0.167. The van der Waals surface area contributed by atoms with E-state index in [1.807, 2.05) is 0 Å². The largest absolute Gasteiger partial charge is 0.280 e. The second-order valence-electron chi connectivity index (χ2n) is 2.40. The summed E-state index contributed by atoms with van der Waals surface area (Å²) < 4.78 is 46.3. The molecule has 1 rings (SSSR count). The van der Waals surface area contributed by atoms with Crippen molar-refractivity contribution in [3.8, 4) is 0 Å². The minimum absolute atomic E-state index is 0.157. The molecule has 14 heavy (non-hydrogen) atoms. The zero-order chi connectivity index (χ0) is 10.9. The summed E-state index contributed by atoms with van der Waals surface area (Å²) in [6.45, 7) is 0. The van der Waals surface area contributed by atoms with Gasteiger partial charge in [0.2, 0.25) is 10.0 Å². The predicted molar refractivity (Wildman–Crippen MR) is 53.3 cm³/mol. The first-order valence-corrected chi connectivity index (χ1v) is 5.91. The third-order valence-corrected chi connectivity index (χ3v) is 2.78. The third-order valence-electron chi connectivity index (χ3n) is 1.34. The van der Waals surface area contributed by atoms with E-state index >= 15 is 0 Å². The molecule has 0 aliphatic carbocycles. The molecule has 78 valence electrons. The summed E-state index contributed by atoms with van der Waals surface area (Å²) >= 11 is 1.64. The predicted octanol–water partition coefficient (Wildman–Crippen LogP) is 1.27. The fourth-order valence-electron chi connectivity index (χ4n) is 0.769. The number of nitrogens with two attached hydrogens (primary N) is 1. The summed E-state index contributed by atoms with van der Waals surface area (Å²) in [5.41, 5.74) is -0.596. The molecule has 4 nitrogen and oxygen atoms in total. The highest BCUT2D eigenvalue weighted by Gasteiger charge is 2.15. The fourth-order valence-corrected chi connectivity index (χ4v) is 2.15. The maximum Gasteiger partial charge on any atom is 0.280 e. The van der Waals surface area contributed by atoms with Crippen LogP contribution in [0.4, 0.5) is 8.78 Å². The van der Waals surface area contributed by atoms with E-state index in [0.717, 1.165) is 12.1 Å². The summed E-state index contributed by atoms with van der Waals surface area (Å²) in [5.74, 6) is 0. The maximum absolute atomic E-state index is 12.2. The van der Waals surface area contributed by atoms with Gasteiger partial charge in [0.05, 0.1) is 4.90 Å². The van der Waals surface area contributed by atoms with E-state index < -0.39 is 22.1 Å². The Kier molecular flexibility index (Phi) is 3.37. The third kappa shape index (κ3) is 2.82. The van der Waals surface area contributed by atoms with Crippen LogP contribution in [0.5, 0.6) is 0 Å². The number of aromatic nitrogens is 1. The number of sulfonamides is 1. The van der Waals surface area contributed by atoms with Gasteiger partial charge in [-0.15, -0.1) is 0 Å². The van der Waals surface area contributed by atoms with Gasteiger partial charge < -0.3 is 0 Å². The van der Waals surface area contributed by atoms with Crippen LogP contribution in [-0.2, 0) is 10.0 Å². The number of nitrogens with zero attached hydrogens (tertiary/aromatic N) is 1. The van der Waals surface area contributed by atoms with E-state index in [1.54, 1.807) is 22.6 Å². The number of halogens is 3. The molecule has 0 aliphatic heterocycles. The topological polar surface area (TPSA) is 73.1 Å². The van der Waals surface area contributed by atoms with E-state index in [-0.39, 0.29) is 8.60 Å². The van der Waals surface area contributed by atoms with Crippen LogP contribution >= 0.6 is 22.6 Å². The van der Waals surface area contributed by atoms with E-state index in [0.29, 0.717) is 0 Å². The van der Waals surface area contributed by atoms with Gasteiger partial charge in [-0.2, -0.15) is 0 Å². The first kappa shape index (κ1) is 11.7. The number of hydrogen-bond acceptors (Lipinski definition) is 3. The average Bonchev–Trinajstić information content (AvgIpc) is 2.01. The van der Waals surface area contributed by atoms with Gasteiger partial charge in [-0.1, -0.05) is 0 Å². The van der Waals surface area contributed by atoms with Gasteiger partial charge in [-0.3, -0.25) is 0 Å². The van der Waals surface area contributed by atoms with Crippen LogP contribution < -0.4 is 5.14 Å². The van der Waals surface area contributed by atoms with Crippen LogP contribution in [0, 0.1) is 3.70 Å². The average molecular weight is 334 g/mol. The van der Waals surface area contributed by atoms with Crippen LogP contribution in [0.1, 0.15) is 12.1 Å². The Morgan fingerprint density at radius 3 is 2.43 bits per heavy atom. The second kappa shape index (κ2) is 4.03. The van der Waals surface area contributed by atoms with Crippen molar-refractivity contribution in [2.75, 3.05) is 0 Å². The van der Waals surface area contributed by atoms with Crippen molar-refractivity contribution in [2.45, 2.75) is 11.3 Å². The number of hydrogen-bond donors (Lipinski definition) is 1. The molecule has 0 bridgehead atoms. The summed E-state index contributed by atoms with van der Waals surface area (Å²) in [6.07, 6.45) is -2.81. The van der Waals surface area contributed by atoms with Crippen molar-refractivity contribution >= 4 is 32.6 Å². The van der Waals surface area contributed by atoms with Crippen LogP contribution in [0.25, 0.3) is 0 Å². The molecule has 0 radical (unpaired) electrons. The van der Waals surface area contributed by atoms with Crippen LogP contribution in [0.3, 0.4) is 0 Å². The number of primary sulfonamides is 1. The van der Waals surface area contributed by atoms with E-state index in [2.05, 4.69) is 4.98 Å². The second-order valence-corrected chi connectivity index (χ2v) is 5.06. The molecule has 8 heteroatoms.